The summed E-state index contributed by atoms with van der Waals surface area (Å²) in [6.45, 7) is 4.86. The molecule has 1 amide bonds. The van der Waals surface area contributed by atoms with Gasteiger partial charge in [0.05, 0.1) is 11.4 Å². The highest BCUT2D eigenvalue weighted by Crippen LogP contribution is 2.39. The Labute approximate surface area is 158 Å². The Kier molecular flexibility index (Phi) is 5.46. The van der Waals surface area contributed by atoms with Gasteiger partial charge in [0.25, 0.3) is 5.91 Å². The third-order valence-corrected chi connectivity index (χ3v) is 4.55. The number of carbonyl (C=O) groups is 1. The van der Waals surface area contributed by atoms with Crippen molar-refractivity contribution in [3.8, 4) is 16.9 Å². The molecule has 4 N–H and O–H groups in total. The number of fused-ring (bicyclic) bond motifs is 1. The highest BCUT2D eigenvalue weighted by Gasteiger charge is 2.31. The fourth-order valence-electron chi connectivity index (χ4n) is 3.28. The van der Waals surface area contributed by atoms with Crippen LogP contribution < -0.4 is 21.1 Å². The zero-order valence-corrected chi connectivity index (χ0v) is 15.9. The molecule has 0 saturated heterocycles. The number of nitrogens with zero attached hydrogens (tertiary/aromatic N) is 3. The third-order valence-electron chi connectivity index (χ3n) is 4.55. The van der Waals surface area contributed by atoms with Crippen LogP contribution in [-0.4, -0.2) is 42.2 Å². The van der Waals surface area contributed by atoms with Gasteiger partial charge in [0.2, 0.25) is 5.95 Å². The molecule has 1 aromatic carbocycles. The Morgan fingerprint density at radius 2 is 2.07 bits per heavy atom. The van der Waals surface area contributed by atoms with E-state index in [0.29, 0.717) is 36.8 Å². The van der Waals surface area contributed by atoms with Crippen molar-refractivity contribution in [3.63, 3.8) is 0 Å². The lowest BCUT2D eigenvalue weighted by molar-refractivity contribution is -0.125. The molecule has 0 unspecified atom stereocenters. The van der Waals surface area contributed by atoms with E-state index in [2.05, 4.69) is 9.97 Å². The Bertz CT molecular complexity index is 855. The number of anilines is 3. The summed E-state index contributed by atoms with van der Waals surface area (Å²) in [4.78, 5) is 22.8. The largest absolute Gasteiger partial charge is 0.479 e. The van der Waals surface area contributed by atoms with Gasteiger partial charge < -0.3 is 25.8 Å². The lowest BCUT2D eigenvalue weighted by Gasteiger charge is -2.33. The molecule has 2 aromatic rings. The van der Waals surface area contributed by atoms with Crippen molar-refractivity contribution in [1.82, 2.24) is 9.97 Å². The molecule has 1 aliphatic rings. The smallest absolute Gasteiger partial charge is 0.267 e. The van der Waals surface area contributed by atoms with Gasteiger partial charge >= 0.3 is 0 Å². The predicted octanol–water partition coefficient (Wildman–Crippen LogP) is 2.02. The first-order valence-corrected chi connectivity index (χ1v) is 8.99. The van der Waals surface area contributed by atoms with Gasteiger partial charge in [-0.15, -0.1) is 0 Å². The van der Waals surface area contributed by atoms with Crippen molar-refractivity contribution < 1.29 is 14.3 Å². The standard InChI is InChI=1S/C19H25N5O3/c1-4-13-16(17(20)23-19(21)22-13)12-6-7-15-14(10-12)24(8-5-9-26-3)18(25)11(2)27-15/h6-7,10-11H,4-5,8-9H2,1-3H3,(H4,20,21,22,23)/t11-/m0/s1. The van der Waals surface area contributed by atoms with Crippen LogP contribution in [0.1, 0.15) is 26.0 Å². The van der Waals surface area contributed by atoms with Gasteiger partial charge in [-0.25, -0.2) is 4.98 Å². The molecule has 8 heteroatoms. The van der Waals surface area contributed by atoms with E-state index in [1.54, 1.807) is 18.9 Å². The zero-order chi connectivity index (χ0) is 19.6. The second kappa shape index (κ2) is 7.79. The topological polar surface area (TPSA) is 117 Å². The molecule has 0 aliphatic carbocycles. The van der Waals surface area contributed by atoms with Crippen molar-refractivity contribution in [1.29, 1.82) is 0 Å². The summed E-state index contributed by atoms with van der Waals surface area (Å²) in [6.07, 6.45) is 0.862. The van der Waals surface area contributed by atoms with E-state index >= 15 is 0 Å². The summed E-state index contributed by atoms with van der Waals surface area (Å²) in [5.74, 6) is 1.06. The summed E-state index contributed by atoms with van der Waals surface area (Å²) >= 11 is 0. The van der Waals surface area contributed by atoms with Gasteiger partial charge in [0, 0.05) is 25.8 Å². The van der Waals surface area contributed by atoms with E-state index in [-0.39, 0.29) is 11.9 Å². The van der Waals surface area contributed by atoms with Crippen molar-refractivity contribution in [2.24, 2.45) is 0 Å². The van der Waals surface area contributed by atoms with E-state index in [1.807, 2.05) is 25.1 Å². The lowest BCUT2D eigenvalue weighted by Crippen LogP contribution is -2.45. The second-order valence-electron chi connectivity index (χ2n) is 6.42. The summed E-state index contributed by atoms with van der Waals surface area (Å²) in [5.41, 5.74) is 14.9. The van der Waals surface area contributed by atoms with Crippen LogP contribution in [-0.2, 0) is 16.0 Å². The lowest BCUT2D eigenvalue weighted by atomic mass is 10.0. The van der Waals surface area contributed by atoms with Crippen molar-refractivity contribution in [2.75, 3.05) is 36.6 Å². The normalized spacial score (nSPS) is 16.2. The molecule has 1 aromatic heterocycles. The second-order valence-corrected chi connectivity index (χ2v) is 6.42. The van der Waals surface area contributed by atoms with Gasteiger partial charge in [0.1, 0.15) is 11.6 Å². The van der Waals surface area contributed by atoms with E-state index in [0.717, 1.165) is 23.2 Å². The number of hydrogen-bond donors (Lipinski definition) is 2. The van der Waals surface area contributed by atoms with Crippen molar-refractivity contribution >= 4 is 23.4 Å². The Hall–Kier alpha value is -2.87. The molecule has 0 saturated carbocycles. The number of aryl methyl sites for hydroxylation is 1. The Balaban J connectivity index is 2.06. The molecule has 1 aliphatic heterocycles. The number of amides is 1. The molecule has 1 atom stereocenters. The average Bonchev–Trinajstić information content (AvgIpc) is 2.64. The minimum Gasteiger partial charge on any atom is -0.479 e. The van der Waals surface area contributed by atoms with Gasteiger partial charge in [0.15, 0.2) is 6.10 Å². The number of nitrogens with two attached hydrogens (primary N) is 2. The molecule has 27 heavy (non-hydrogen) atoms. The summed E-state index contributed by atoms with van der Waals surface area (Å²) in [6, 6.07) is 5.65. The maximum absolute atomic E-state index is 12.7. The van der Waals surface area contributed by atoms with Gasteiger partial charge in [-0.05, 0) is 37.5 Å². The molecule has 0 bridgehead atoms. The van der Waals surface area contributed by atoms with Crippen LogP contribution >= 0.6 is 0 Å². The molecule has 0 fully saturated rings. The SMILES string of the molecule is CCc1nc(N)nc(N)c1-c1ccc2c(c1)N(CCCOC)C(=O)[C@H](C)O2. The van der Waals surface area contributed by atoms with Crippen LogP contribution in [0.5, 0.6) is 5.75 Å². The fourth-order valence-corrected chi connectivity index (χ4v) is 3.28. The Morgan fingerprint density at radius 1 is 1.30 bits per heavy atom. The number of ether oxygens (including phenoxy) is 2. The summed E-state index contributed by atoms with van der Waals surface area (Å²) in [7, 11) is 1.64. The van der Waals surface area contributed by atoms with Crippen molar-refractivity contribution in [2.45, 2.75) is 32.8 Å². The molecule has 144 valence electrons. The molecule has 3 rings (SSSR count). The zero-order valence-electron chi connectivity index (χ0n) is 15.9. The summed E-state index contributed by atoms with van der Waals surface area (Å²) in [5, 5.41) is 0. The summed E-state index contributed by atoms with van der Waals surface area (Å²) < 4.78 is 10.9. The highest BCUT2D eigenvalue weighted by atomic mass is 16.5. The quantitative estimate of drug-likeness (QED) is 0.746. The number of benzene rings is 1. The third kappa shape index (κ3) is 3.66. The van der Waals surface area contributed by atoms with Gasteiger partial charge in [-0.1, -0.05) is 13.0 Å². The van der Waals surface area contributed by atoms with Crippen LogP contribution in [0.15, 0.2) is 18.2 Å². The Morgan fingerprint density at radius 3 is 2.78 bits per heavy atom. The van der Waals surface area contributed by atoms with Gasteiger partial charge in [-0.3, -0.25) is 4.79 Å². The number of rotatable bonds is 6. The fraction of sp³-hybridized carbons (Fsp3) is 0.421. The van der Waals surface area contributed by atoms with Crippen molar-refractivity contribution in [3.05, 3.63) is 23.9 Å². The first kappa shape index (κ1) is 18.9. The minimum atomic E-state index is -0.526. The van der Waals surface area contributed by atoms with Crippen LogP contribution in [0.3, 0.4) is 0 Å². The minimum absolute atomic E-state index is 0.0759. The average molecular weight is 371 g/mol. The molecule has 8 nitrogen and oxygen atoms in total. The number of methoxy groups -OCH3 is 1. The number of nitrogen functional groups attached to an aromatic ring is 2. The maximum Gasteiger partial charge on any atom is 0.267 e. The predicted molar refractivity (Wildman–Crippen MR) is 105 cm³/mol. The molecule has 2 heterocycles. The van der Waals surface area contributed by atoms with Crippen LogP contribution in [0.25, 0.3) is 11.1 Å². The first-order valence-electron chi connectivity index (χ1n) is 8.99. The first-order chi connectivity index (χ1) is 13.0. The van der Waals surface area contributed by atoms with Crippen LogP contribution in [0, 0.1) is 0 Å². The number of aromatic nitrogens is 2. The van der Waals surface area contributed by atoms with Crippen LogP contribution in [0.2, 0.25) is 0 Å². The van der Waals surface area contributed by atoms with E-state index < -0.39 is 6.10 Å². The van der Waals surface area contributed by atoms with E-state index in [9.17, 15) is 4.79 Å². The molecular weight excluding hydrogens is 346 g/mol. The van der Waals surface area contributed by atoms with E-state index in [4.69, 9.17) is 20.9 Å². The number of hydrogen-bond acceptors (Lipinski definition) is 7. The molecule has 0 spiro atoms. The highest BCUT2D eigenvalue weighted by molar-refractivity contribution is 6.00. The monoisotopic (exact) mass is 371 g/mol. The number of carbonyl (C=O) groups excluding carboxylic acids is 1. The van der Waals surface area contributed by atoms with Crippen LogP contribution in [0.4, 0.5) is 17.5 Å². The van der Waals surface area contributed by atoms with Gasteiger partial charge in [-0.2, -0.15) is 4.98 Å². The molecule has 0 radical (unpaired) electrons. The molecular formula is C19H25N5O3. The van der Waals surface area contributed by atoms with E-state index in [1.165, 1.54) is 0 Å². The maximum atomic E-state index is 12.7.